The lowest BCUT2D eigenvalue weighted by molar-refractivity contribution is -0.121. The second kappa shape index (κ2) is 5.22. The van der Waals surface area contributed by atoms with Gasteiger partial charge in [0.25, 0.3) is 0 Å². The molecule has 0 aliphatic carbocycles. The minimum absolute atomic E-state index is 0.204. The Bertz CT molecular complexity index is 494. The van der Waals surface area contributed by atoms with E-state index in [0.717, 1.165) is 42.7 Å². The number of hydrogen-bond donors (Lipinski definition) is 0. The van der Waals surface area contributed by atoms with Gasteiger partial charge in [-0.15, -0.1) is 0 Å². The van der Waals surface area contributed by atoms with Crippen LogP contribution in [-0.2, 0) is 4.79 Å². The minimum Gasteiger partial charge on any atom is -0.370 e. The summed E-state index contributed by atoms with van der Waals surface area (Å²) >= 11 is 0. The van der Waals surface area contributed by atoms with E-state index in [1.165, 1.54) is 0 Å². The number of rotatable bonds is 2. The molecule has 0 bridgehead atoms. The van der Waals surface area contributed by atoms with Gasteiger partial charge in [0, 0.05) is 19.0 Å². The van der Waals surface area contributed by atoms with Gasteiger partial charge in [0.1, 0.15) is 11.9 Å². The maximum Gasteiger partial charge on any atom is 0.133 e. The van der Waals surface area contributed by atoms with Gasteiger partial charge >= 0.3 is 0 Å². The van der Waals surface area contributed by atoms with E-state index in [2.05, 4.69) is 11.0 Å². The SMILES string of the molecule is CC(=O)C1CCN(c2c(C)cccc2C#N)CC1. The van der Waals surface area contributed by atoms with Crippen molar-refractivity contribution in [3.63, 3.8) is 0 Å². The summed E-state index contributed by atoms with van der Waals surface area (Å²) < 4.78 is 0. The Morgan fingerprint density at radius 1 is 1.39 bits per heavy atom. The number of aryl methyl sites for hydroxylation is 1. The van der Waals surface area contributed by atoms with Crippen LogP contribution < -0.4 is 4.90 Å². The summed E-state index contributed by atoms with van der Waals surface area (Å²) in [5, 5.41) is 9.18. The van der Waals surface area contributed by atoms with Gasteiger partial charge in [-0.2, -0.15) is 5.26 Å². The number of piperidine rings is 1. The largest absolute Gasteiger partial charge is 0.370 e. The first-order valence-corrected chi connectivity index (χ1v) is 6.38. The van der Waals surface area contributed by atoms with Gasteiger partial charge in [-0.3, -0.25) is 4.79 Å². The van der Waals surface area contributed by atoms with Crippen molar-refractivity contribution in [2.24, 2.45) is 5.92 Å². The highest BCUT2D eigenvalue weighted by molar-refractivity contribution is 5.78. The molecule has 0 radical (unpaired) electrons. The van der Waals surface area contributed by atoms with Crippen LogP contribution in [0.2, 0.25) is 0 Å². The number of para-hydroxylation sites is 1. The van der Waals surface area contributed by atoms with Gasteiger partial charge in [-0.25, -0.2) is 0 Å². The quantitative estimate of drug-likeness (QED) is 0.800. The Balaban J connectivity index is 2.20. The van der Waals surface area contributed by atoms with E-state index in [1.54, 1.807) is 6.92 Å². The van der Waals surface area contributed by atoms with Crippen molar-refractivity contribution in [3.05, 3.63) is 29.3 Å². The molecule has 94 valence electrons. The number of carbonyl (C=O) groups is 1. The van der Waals surface area contributed by atoms with Crippen molar-refractivity contribution in [1.29, 1.82) is 5.26 Å². The number of nitriles is 1. The van der Waals surface area contributed by atoms with E-state index in [4.69, 9.17) is 0 Å². The number of anilines is 1. The Hall–Kier alpha value is -1.82. The number of benzene rings is 1. The molecule has 0 spiro atoms. The summed E-state index contributed by atoms with van der Waals surface area (Å²) in [6.07, 6.45) is 1.79. The van der Waals surface area contributed by atoms with Gasteiger partial charge in [-0.1, -0.05) is 12.1 Å². The third-order valence-electron chi connectivity index (χ3n) is 3.74. The number of Topliss-reactive ketones (excluding diaryl/α,β-unsaturated/α-hetero) is 1. The van der Waals surface area contributed by atoms with Crippen LogP contribution in [0.3, 0.4) is 0 Å². The van der Waals surface area contributed by atoms with Crippen molar-refractivity contribution >= 4 is 11.5 Å². The average molecular weight is 242 g/mol. The number of ketones is 1. The summed E-state index contributed by atoms with van der Waals surface area (Å²) in [6, 6.07) is 8.07. The fourth-order valence-electron chi connectivity index (χ4n) is 2.68. The molecule has 1 aromatic carbocycles. The molecule has 0 unspecified atom stereocenters. The summed E-state index contributed by atoms with van der Waals surface area (Å²) in [7, 11) is 0. The van der Waals surface area contributed by atoms with Crippen molar-refractivity contribution < 1.29 is 4.79 Å². The van der Waals surface area contributed by atoms with E-state index >= 15 is 0 Å². The standard InChI is InChI=1S/C15H18N2O/c1-11-4-3-5-14(10-16)15(11)17-8-6-13(7-9-17)12(2)18/h3-5,13H,6-9H2,1-2H3. The topological polar surface area (TPSA) is 44.1 Å². The van der Waals surface area contributed by atoms with Crippen molar-refractivity contribution in [2.45, 2.75) is 26.7 Å². The molecule has 1 heterocycles. The monoisotopic (exact) mass is 242 g/mol. The highest BCUT2D eigenvalue weighted by Crippen LogP contribution is 2.29. The molecule has 0 saturated carbocycles. The summed E-state index contributed by atoms with van der Waals surface area (Å²) in [5.74, 6) is 0.496. The lowest BCUT2D eigenvalue weighted by Gasteiger charge is -2.34. The molecular formula is C15H18N2O. The fraction of sp³-hybridized carbons (Fsp3) is 0.467. The first-order valence-electron chi connectivity index (χ1n) is 6.38. The Kier molecular flexibility index (Phi) is 3.66. The van der Waals surface area contributed by atoms with Gasteiger partial charge in [0.05, 0.1) is 11.3 Å². The van der Waals surface area contributed by atoms with Crippen LogP contribution >= 0.6 is 0 Å². The second-order valence-corrected chi connectivity index (χ2v) is 4.95. The minimum atomic E-state index is 0.204. The van der Waals surface area contributed by atoms with Gasteiger partial charge in [-0.05, 0) is 38.3 Å². The normalized spacial score (nSPS) is 16.4. The molecule has 3 heteroatoms. The third kappa shape index (κ3) is 2.38. The number of hydrogen-bond acceptors (Lipinski definition) is 3. The van der Waals surface area contributed by atoms with Crippen molar-refractivity contribution in [2.75, 3.05) is 18.0 Å². The van der Waals surface area contributed by atoms with Gasteiger partial charge in [0.2, 0.25) is 0 Å². The van der Waals surface area contributed by atoms with E-state index in [-0.39, 0.29) is 5.92 Å². The van der Waals surface area contributed by atoms with Crippen LogP contribution in [-0.4, -0.2) is 18.9 Å². The Labute approximate surface area is 108 Å². The number of nitrogens with zero attached hydrogens (tertiary/aromatic N) is 2. The summed E-state index contributed by atoms with van der Waals surface area (Å²) in [5.41, 5.74) is 2.91. The lowest BCUT2D eigenvalue weighted by Crippen LogP contribution is -2.36. The smallest absolute Gasteiger partial charge is 0.133 e. The highest BCUT2D eigenvalue weighted by Gasteiger charge is 2.24. The van der Waals surface area contributed by atoms with Crippen molar-refractivity contribution in [1.82, 2.24) is 0 Å². The average Bonchev–Trinajstić information content (AvgIpc) is 2.38. The Morgan fingerprint density at radius 3 is 2.61 bits per heavy atom. The Morgan fingerprint density at radius 2 is 2.06 bits per heavy atom. The van der Waals surface area contributed by atoms with E-state index < -0.39 is 0 Å². The molecule has 18 heavy (non-hydrogen) atoms. The first-order chi connectivity index (χ1) is 8.63. The van der Waals surface area contributed by atoms with E-state index in [9.17, 15) is 10.1 Å². The predicted octanol–water partition coefficient (Wildman–Crippen LogP) is 2.67. The molecule has 0 N–H and O–H groups in total. The van der Waals surface area contributed by atoms with Crippen LogP contribution in [0.15, 0.2) is 18.2 Å². The predicted molar refractivity (Wildman–Crippen MR) is 71.5 cm³/mol. The molecule has 1 aliphatic rings. The molecule has 1 aliphatic heterocycles. The maximum absolute atomic E-state index is 11.4. The third-order valence-corrected chi connectivity index (χ3v) is 3.74. The molecule has 0 aromatic heterocycles. The lowest BCUT2D eigenvalue weighted by atomic mass is 9.92. The summed E-state index contributed by atoms with van der Waals surface area (Å²) in [4.78, 5) is 13.6. The first kappa shape index (κ1) is 12.6. The molecule has 0 atom stereocenters. The fourth-order valence-corrected chi connectivity index (χ4v) is 2.68. The van der Waals surface area contributed by atoms with Crippen LogP contribution in [0, 0.1) is 24.2 Å². The molecule has 0 amide bonds. The zero-order valence-electron chi connectivity index (χ0n) is 10.9. The molecular weight excluding hydrogens is 224 g/mol. The van der Waals surface area contributed by atoms with Crippen LogP contribution in [0.1, 0.15) is 30.9 Å². The van der Waals surface area contributed by atoms with Crippen LogP contribution in [0.25, 0.3) is 0 Å². The van der Waals surface area contributed by atoms with Gasteiger partial charge in [0.15, 0.2) is 0 Å². The zero-order valence-corrected chi connectivity index (χ0v) is 10.9. The van der Waals surface area contributed by atoms with Gasteiger partial charge < -0.3 is 4.90 Å². The van der Waals surface area contributed by atoms with E-state index in [1.807, 2.05) is 25.1 Å². The zero-order chi connectivity index (χ0) is 13.1. The summed E-state index contributed by atoms with van der Waals surface area (Å²) in [6.45, 7) is 5.44. The number of carbonyl (C=O) groups excluding carboxylic acids is 1. The van der Waals surface area contributed by atoms with Crippen LogP contribution in [0.5, 0.6) is 0 Å². The molecule has 1 aromatic rings. The van der Waals surface area contributed by atoms with Crippen molar-refractivity contribution in [3.8, 4) is 6.07 Å². The molecule has 1 fully saturated rings. The molecule has 1 saturated heterocycles. The maximum atomic E-state index is 11.4. The molecule has 2 rings (SSSR count). The molecule has 3 nitrogen and oxygen atoms in total. The van der Waals surface area contributed by atoms with Crippen LogP contribution in [0.4, 0.5) is 5.69 Å². The van der Waals surface area contributed by atoms with E-state index in [0.29, 0.717) is 5.78 Å². The second-order valence-electron chi connectivity index (χ2n) is 4.95. The highest BCUT2D eigenvalue weighted by atomic mass is 16.1.